The smallest absolute Gasteiger partial charge is 0.00773 e. The lowest BCUT2D eigenvalue weighted by Crippen LogP contribution is -1.97. The van der Waals surface area contributed by atoms with Crippen LogP contribution in [0, 0.1) is 0 Å². The van der Waals surface area contributed by atoms with Gasteiger partial charge in [0, 0.05) is 0 Å². The van der Waals surface area contributed by atoms with Crippen molar-refractivity contribution in [1.29, 1.82) is 0 Å². The molecular weight excluding hydrogens is 213 g/mol. The Morgan fingerprint density at radius 2 is 1.75 bits per heavy atom. The fraction of sp³-hybridized carbons (Fsp3) is 1.00. The summed E-state index contributed by atoms with van der Waals surface area (Å²) in [6.45, 7) is 3.07. The lowest BCUT2D eigenvalue weighted by Gasteiger charge is -1.90. The third-order valence-corrected chi connectivity index (χ3v) is 1.06. The molecule has 1 nitrogen and oxygen atoms in total. The van der Waals surface area contributed by atoms with Crippen molar-refractivity contribution in [2.24, 2.45) is 5.73 Å². The van der Waals surface area contributed by atoms with Crippen molar-refractivity contribution in [2.45, 2.75) is 32.6 Å². The summed E-state index contributed by atoms with van der Waals surface area (Å²) in [7, 11) is 0. The monoisotopic (exact) mass is 229 g/mol. The largest absolute Gasteiger partial charge is 0.330 e. The summed E-state index contributed by atoms with van der Waals surface area (Å²) in [5.74, 6) is 0. The van der Waals surface area contributed by atoms with E-state index in [9.17, 15) is 0 Å². The normalized spacial score (nSPS) is 8.25. The van der Waals surface area contributed by atoms with Crippen LogP contribution in [0.15, 0.2) is 0 Å². The van der Waals surface area contributed by atoms with Gasteiger partial charge in [-0.25, -0.2) is 0 Å². The molecule has 0 bridgehead atoms. The van der Waals surface area contributed by atoms with E-state index in [1.807, 2.05) is 0 Å². The molecule has 0 unspecified atom stereocenters. The standard InChI is InChI=1S/C6H15N.HI/c1-2-3-4-5-6-7;/h2-7H2,1H3;1H. The lowest BCUT2D eigenvalue weighted by molar-refractivity contribution is 0.674. The van der Waals surface area contributed by atoms with Gasteiger partial charge in [-0.15, -0.1) is 24.0 Å². The van der Waals surface area contributed by atoms with Gasteiger partial charge >= 0.3 is 0 Å². The van der Waals surface area contributed by atoms with Crippen molar-refractivity contribution in [3.05, 3.63) is 0 Å². The van der Waals surface area contributed by atoms with Crippen molar-refractivity contribution >= 4 is 24.0 Å². The molecule has 8 heavy (non-hydrogen) atoms. The molecule has 0 spiro atoms. The zero-order chi connectivity index (χ0) is 5.54. The highest BCUT2D eigenvalue weighted by Crippen LogP contribution is 1.95. The van der Waals surface area contributed by atoms with E-state index in [0.717, 1.165) is 6.54 Å². The molecule has 0 heterocycles. The van der Waals surface area contributed by atoms with Crippen LogP contribution in [0.4, 0.5) is 0 Å². The molecule has 0 rings (SSSR count). The first-order valence-electron chi connectivity index (χ1n) is 3.12. The molecule has 0 saturated carbocycles. The highest BCUT2D eigenvalue weighted by molar-refractivity contribution is 14.0. The van der Waals surface area contributed by atoms with Crippen LogP contribution in [0.3, 0.4) is 0 Å². The summed E-state index contributed by atoms with van der Waals surface area (Å²) in [5, 5.41) is 0. The maximum atomic E-state index is 5.27. The molecule has 0 aromatic rings. The van der Waals surface area contributed by atoms with Crippen LogP contribution in [0.1, 0.15) is 32.6 Å². The zero-order valence-electron chi connectivity index (χ0n) is 5.52. The van der Waals surface area contributed by atoms with Gasteiger partial charge < -0.3 is 5.73 Å². The van der Waals surface area contributed by atoms with Crippen LogP contribution < -0.4 is 5.73 Å². The van der Waals surface area contributed by atoms with Gasteiger partial charge in [0.25, 0.3) is 0 Å². The molecule has 0 saturated heterocycles. The summed E-state index contributed by atoms with van der Waals surface area (Å²) in [4.78, 5) is 0. The highest BCUT2D eigenvalue weighted by Gasteiger charge is 1.80. The van der Waals surface area contributed by atoms with E-state index in [4.69, 9.17) is 5.73 Å². The Hall–Kier alpha value is 0.690. The van der Waals surface area contributed by atoms with E-state index in [1.165, 1.54) is 25.7 Å². The molecule has 0 aromatic heterocycles. The van der Waals surface area contributed by atoms with Gasteiger partial charge in [-0.2, -0.15) is 0 Å². The van der Waals surface area contributed by atoms with Gasteiger partial charge in [0.15, 0.2) is 0 Å². The molecule has 0 fully saturated rings. The molecule has 2 heteroatoms. The van der Waals surface area contributed by atoms with Gasteiger partial charge in [0.1, 0.15) is 0 Å². The number of unbranched alkanes of at least 4 members (excludes halogenated alkanes) is 3. The zero-order valence-corrected chi connectivity index (χ0v) is 7.85. The average Bonchev–Trinajstić information content (AvgIpc) is 1.69. The van der Waals surface area contributed by atoms with E-state index in [2.05, 4.69) is 6.92 Å². The molecule has 0 aromatic carbocycles. The van der Waals surface area contributed by atoms with E-state index in [-0.39, 0.29) is 24.0 Å². The third kappa shape index (κ3) is 9.85. The Balaban J connectivity index is 0. The van der Waals surface area contributed by atoms with Gasteiger partial charge in [0.2, 0.25) is 0 Å². The predicted octanol–water partition coefficient (Wildman–Crippen LogP) is 2.14. The molecule has 52 valence electrons. The van der Waals surface area contributed by atoms with Gasteiger partial charge in [-0.1, -0.05) is 26.2 Å². The Bertz CT molecular complexity index is 27.7. The van der Waals surface area contributed by atoms with Crippen LogP contribution in [0.2, 0.25) is 0 Å². The molecule has 0 amide bonds. The number of nitrogens with two attached hydrogens (primary N) is 1. The third-order valence-electron chi connectivity index (χ3n) is 1.06. The van der Waals surface area contributed by atoms with Crippen molar-refractivity contribution < 1.29 is 0 Å². The van der Waals surface area contributed by atoms with Crippen LogP contribution in [0.25, 0.3) is 0 Å². The molecule has 0 aliphatic rings. The van der Waals surface area contributed by atoms with E-state index in [0.29, 0.717) is 0 Å². The number of hydrogen-bond donors (Lipinski definition) is 1. The molecule has 0 radical (unpaired) electrons. The number of hydrogen-bond acceptors (Lipinski definition) is 1. The molecule has 0 atom stereocenters. The van der Waals surface area contributed by atoms with Gasteiger partial charge in [0.05, 0.1) is 0 Å². The predicted molar refractivity (Wildman–Crippen MR) is 48.6 cm³/mol. The highest BCUT2D eigenvalue weighted by atomic mass is 127. The van der Waals surface area contributed by atoms with Crippen LogP contribution in [0.5, 0.6) is 0 Å². The quantitative estimate of drug-likeness (QED) is 0.580. The Labute approximate surface area is 69.0 Å². The summed E-state index contributed by atoms with van der Waals surface area (Å²) < 4.78 is 0. The molecule has 2 N–H and O–H groups in total. The Kier molecular flexibility index (Phi) is 15.3. The minimum atomic E-state index is 0. The van der Waals surface area contributed by atoms with Crippen molar-refractivity contribution in [3.63, 3.8) is 0 Å². The van der Waals surface area contributed by atoms with Crippen LogP contribution >= 0.6 is 24.0 Å². The summed E-state index contributed by atoms with van der Waals surface area (Å²) in [6, 6.07) is 0. The lowest BCUT2D eigenvalue weighted by atomic mass is 10.2. The minimum absolute atomic E-state index is 0. The van der Waals surface area contributed by atoms with Gasteiger partial charge in [-0.3, -0.25) is 0 Å². The van der Waals surface area contributed by atoms with Crippen LogP contribution in [-0.2, 0) is 0 Å². The Morgan fingerprint density at radius 3 is 2.12 bits per heavy atom. The summed E-state index contributed by atoms with van der Waals surface area (Å²) in [6.07, 6.45) is 5.16. The van der Waals surface area contributed by atoms with E-state index >= 15 is 0 Å². The SMILES string of the molecule is CCCCCCN.I. The van der Waals surface area contributed by atoms with Crippen molar-refractivity contribution in [1.82, 2.24) is 0 Å². The molecular formula is C6H16IN. The first-order valence-corrected chi connectivity index (χ1v) is 3.12. The van der Waals surface area contributed by atoms with Crippen molar-refractivity contribution in [2.75, 3.05) is 6.54 Å². The second kappa shape index (κ2) is 10.6. The average molecular weight is 229 g/mol. The fourth-order valence-corrected chi connectivity index (χ4v) is 0.571. The first kappa shape index (κ1) is 11.5. The maximum Gasteiger partial charge on any atom is -0.00773 e. The van der Waals surface area contributed by atoms with E-state index < -0.39 is 0 Å². The first-order chi connectivity index (χ1) is 3.41. The number of halogens is 1. The minimum Gasteiger partial charge on any atom is -0.330 e. The molecule has 0 aliphatic carbocycles. The topological polar surface area (TPSA) is 26.0 Å². The van der Waals surface area contributed by atoms with Crippen molar-refractivity contribution in [3.8, 4) is 0 Å². The number of rotatable bonds is 4. The Morgan fingerprint density at radius 1 is 1.12 bits per heavy atom. The maximum absolute atomic E-state index is 5.27. The van der Waals surface area contributed by atoms with Crippen LogP contribution in [-0.4, -0.2) is 6.54 Å². The van der Waals surface area contributed by atoms with Gasteiger partial charge in [-0.05, 0) is 13.0 Å². The molecule has 0 aliphatic heterocycles. The second-order valence-electron chi connectivity index (χ2n) is 1.85. The van der Waals surface area contributed by atoms with E-state index in [1.54, 1.807) is 0 Å². The summed E-state index contributed by atoms with van der Waals surface area (Å²) >= 11 is 0. The second-order valence-corrected chi connectivity index (χ2v) is 1.85. The summed E-state index contributed by atoms with van der Waals surface area (Å²) in [5.41, 5.74) is 5.27. The fourth-order valence-electron chi connectivity index (χ4n) is 0.571.